The molecule has 1 atom stereocenters. The molecule has 1 aliphatic rings. The minimum Gasteiger partial charge on any atom is -0.340 e. The van der Waals surface area contributed by atoms with Gasteiger partial charge < -0.3 is 10.6 Å². The first-order valence-corrected chi connectivity index (χ1v) is 6.16. The molecule has 1 fully saturated rings. The molecule has 0 amide bonds. The van der Waals surface area contributed by atoms with Crippen LogP contribution in [0.25, 0.3) is 5.78 Å². The van der Waals surface area contributed by atoms with Gasteiger partial charge in [0.25, 0.3) is 11.3 Å². The molecular weight excluding hydrogens is 232 g/mol. The third-order valence-corrected chi connectivity index (χ3v) is 3.26. The van der Waals surface area contributed by atoms with Crippen LogP contribution < -0.4 is 16.2 Å². The maximum atomic E-state index is 11.9. The van der Waals surface area contributed by atoms with Crippen LogP contribution in [-0.2, 0) is 6.42 Å². The lowest BCUT2D eigenvalue weighted by molar-refractivity contribution is 0.749. The molecule has 0 aliphatic carbocycles. The maximum Gasteiger partial charge on any atom is 0.274 e. The van der Waals surface area contributed by atoms with Crippen LogP contribution in [0.15, 0.2) is 10.9 Å². The predicted octanol–water partition coefficient (Wildman–Crippen LogP) is -0.483. The summed E-state index contributed by atoms with van der Waals surface area (Å²) in [4.78, 5) is 22.6. The predicted molar refractivity (Wildman–Crippen MR) is 67.8 cm³/mol. The first-order valence-electron chi connectivity index (χ1n) is 6.16. The van der Waals surface area contributed by atoms with E-state index in [1.54, 1.807) is 0 Å². The first-order chi connectivity index (χ1) is 8.67. The van der Waals surface area contributed by atoms with Gasteiger partial charge in [-0.05, 0) is 12.8 Å². The van der Waals surface area contributed by atoms with Crippen molar-refractivity contribution in [2.45, 2.75) is 25.8 Å². The monoisotopic (exact) mass is 248 g/mol. The summed E-state index contributed by atoms with van der Waals surface area (Å²) in [6.07, 6.45) is 1.67. The number of hydrogen-bond donors (Lipinski definition) is 2. The van der Waals surface area contributed by atoms with Crippen LogP contribution in [0.2, 0.25) is 0 Å². The van der Waals surface area contributed by atoms with E-state index in [2.05, 4.69) is 15.1 Å². The zero-order valence-electron chi connectivity index (χ0n) is 10.3. The molecule has 3 N–H and O–H groups in total. The average molecular weight is 248 g/mol. The van der Waals surface area contributed by atoms with Crippen molar-refractivity contribution in [3.05, 3.63) is 22.1 Å². The second-order valence-corrected chi connectivity index (χ2v) is 4.62. The van der Waals surface area contributed by atoms with Crippen LogP contribution in [0, 0.1) is 0 Å². The molecule has 18 heavy (non-hydrogen) atoms. The number of nitrogens with zero attached hydrogens (tertiary/aromatic N) is 4. The maximum absolute atomic E-state index is 11.9. The van der Waals surface area contributed by atoms with Crippen LogP contribution in [0.3, 0.4) is 0 Å². The molecule has 3 rings (SSSR count). The van der Waals surface area contributed by atoms with Crippen LogP contribution in [0.5, 0.6) is 0 Å². The molecule has 7 nitrogen and oxygen atoms in total. The number of rotatable bonds is 2. The molecule has 1 aliphatic heterocycles. The molecule has 2 aromatic heterocycles. The quantitative estimate of drug-likeness (QED) is 0.748. The smallest absolute Gasteiger partial charge is 0.274 e. The van der Waals surface area contributed by atoms with Gasteiger partial charge in [-0.3, -0.25) is 9.89 Å². The zero-order chi connectivity index (χ0) is 12.7. The SMILES string of the molecule is CCc1cc(=O)n2[nH]c(N3CCC(N)C3)nc2n1. The summed E-state index contributed by atoms with van der Waals surface area (Å²) in [6, 6.07) is 1.71. The molecule has 1 unspecified atom stereocenters. The normalized spacial score (nSPS) is 19.9. The van der Waals surface area contributed by atoms with E-state index in [1.807, 2.05) is 11.8 Å². The number of anilines is 1. The van der Waals surface area contributed by atoms with Crippen molar-refractivity contribution >= 4 is 11.7 Å². The Kier molecular flexibility index (Phi) is 2.55. The van der Waals surface area contributed by atoms with Crippen LogP contribution in [0.4, 0.5) is 5.95 Å². The second-order valence-electron chi connectivity index (χ2n) is 4.62. The number of aryl methyl sites for hydroxylation is 1. The molecule has 2 aromatic rings. The Morgan fingerprint density at radius 1 is 1.56 bits per heavy atom. The minimum atomic E-state index is -0.126. The van der Waals surface area contributed by atoms with E-state index in [0.29, 0.717) is 11.7 Å². The molecule has 0 radical (unpaired) electrons. The number of nitrogens with one attached hydrogen (secondary N) is 1. The fourth-order valence-corrected chi connectivity index (χ4v) is 2.22. The summed E-state index contributed by atoms with van der Waals surface area (Å²) in [5, 5.41) is 2.98. The minimum absolute atomic E-state index is 0.126. The largest absolute Gasteiger partial charge is 0.340 e. The fourth-order valence-electron chi connectivity index (χ4n) is 2.22. The van der Waals surface area contributed by atoms with Crippen molar-refractivity contribution in [3.8, 4) is 0 Å². The molecule has 0 bridgehead atoms. The van der Waals surface area contributed by atoms with E-state index in [1.165, 1.54) is 10.6 Å². The van der Waals surface area contributed by atoms with Crippen molar-refractivity contribution < 1.29 is 0 Å². The number of aromatic amines is 1. The summed E-state index contributed by atoms with van der Waals surface area (Å²) in [5.74, 6) is 1.09. The Morgan fingerprint density at radius 2 is 2.39 bits per heavy atom. The average Bonchev–Trinajstić information content (AvgIpc) is 2.94. The van der Waals surface area contributed by atoms with Gasteiger partial charge in [-0.2, -0.15) is 9.50 Å². The topological polar surface area (TPSA) is 92.3 Å². The summed E-state index contributed by atoms with van der Waals surface area (Å²) in [5.41, 5.74) is 6.50. The van der Waals surface area contributed by atoms with Gasteiger partial charge in [0.1, 0.15) is 0 Å². The van der Waals surface area contributed by atoms with Crippen molar-refractivity contribution in [1.82, 2.24) is 19.6 Å². The van der Waals surface area contributed by atoms with Gasteiger partial charge in [0, 0.05) is 30.9 Å². The summed E-state index contributed by atoms with van der Waals surface area (Å²) >= 11 is 0. The third-order valence-electron chi connectivity index (χ3n) is 3.26. The standard InChI is InChI=1S/C11H16N6O/c1-2-8-5-9(18)17-10(13-8)14-11(15-17)16-4-3-7(12)6-16/h5,7H,2-4,6,12H2,1H3,(H,13,14,15). The molecule has 7 heteroatoms. The highest BCUT2D eigenvalue weighted by Gasteiger charge is 2.22. The first kappa shape index (κ1) is 11.2. The lowest BCUT2D eigenvalue weighted by Crippen LogP contribution is -2.27. The molecule has 0 spiro atoms. The fraction of sp³-hybridized carbons (Fsp3) is 0.545. The van der Waals surface area contributed by atoms with Crippen molar-refractivity contribution in [2.24, 2.45) is 5.73 Å². The lowest BCUT2D eigenvalue weighted by atomic mass is 10.3. The lowest BCUT2D eigenvalue weighted by Gasteiger charge is -2.12. The number of nitrogens with two attached hydrogens (primary N) is 1. The van der Waals surface area contributed by atoms with E-state index in [0.717, 1.165) is 31.6 Å². The Hall–Kier alpha value is -1.89. The summed E-state index contributed by atoms with van der Waals surface area (Å²) in [6.45, 7) is 3.58. The van der Waals surface area contributed by atoms with Crippen LogP contribution in [-0.4, -0.2) is 38.7 Å². The molecular formula is C11H16N6O. The Labute approximate surface area is 104 Å². The van der Waals surface area contributed by atoms with Gasteiger partial charge in [-0.25, -0.2) is 4.98 Å². The van der Waals surface area contributed by atoms with Crippen molar-refractivity contribution in [1.29, 1.82) is 0 Å². The van der Waals surface area contributed by atoms with Crippen LogP contribution >= 0.6 is 0 Å². The van der Waals surface area contributed by atoms with E-state index < -0.39 is 0 Å². The van der Waals surface area contributed by atoms with Gasteiger partial charge in [0.15, 0.2) is 0 Å². The summed E-state index contributed by atoms with van der Waals surface area (Å²) in [7, 11) is 0. The number of fused-ring (bicyclic) bond motifs is 1. The second kappa shape index (κ2) is 4.09. The molecule has 3 heterocycles. The van der Waals surface area contributed by atoms with Gasteiger partial charge in [0.2, 0.25) is 5.95 Å². The summed E-state index contributed by atoms with van der Waals surface area (Å²) < 4.78 is 1.37. The van der Waals surface area contributed by atoms with E-state index in [4.69, 9.17) is 5.73 Å². The van der Waals surface area contributed by atoms with Crippen molar-refractivity contribution in [3.63, 3.8) is 0 Å². The highest BCUT2D eigenvalue weighted by atomic mass is 16.1. The number of hydrogen-bond acceptors (Lipinski definition) is 5. The Balaban J connectivity index is 2.05. The van der Waals surface area contributed by atoms with Gasteiger partial charge >= 0.3 is 0 Å². The molecule has 1 saturated heterocycles. The van der Waals surface area contributed by atoms with E-state index in [-0.39, 0.29) is 11.6 Å². The zero-order valence-corrected chi connectivity index (χ0v) is 10.3. The highest BCUT2D eigenvalue weighted by Crippen LogP contribution is 2.15. The number of aromatic nitrogens is 4. The Morgan fingerprint density at radius 3 is 3.06 bits per heavy atom. The van der Waals surface area contributed by atoms with E-state index in [9.17, 15) is 4.79 Å². The van der Waals surface area contributed by atoms with Gasteiger partial charge in [0.05, 0.1) is 0 Å². The number of H-pyrrole nitrogens is 1. The highest BCUT2D eigenvalue weighted by molar-refractivity contribution is 5.40. The van der Waals surface area contributed by atoms with E-state index >= 15 is 0 Å². The van der Waals surface area contributed by atoms with Gasteiger partial charge in [-0.1, -0.05) is 6.92 Å². The van der Waals surface area contributed by atoms with Gasteiger partial charge in [-0.15, -0.1) is 0 Å². The molecule has 96 valence electrons. The Bertz CT molecular complexity index is 630. The molecule has 0 aromatic carbocycles. The molecule has 0 saturated carbocycles. The third kappa shape index (κ3) is 1.76. The van der Waals surface area contributed by atoms with Crippen molar-refractivity contribution in [2.75, 3.05) is 18.0 Å². The van der Waals surface area contributed by atoms with Crippen LogP contribution in [0.1, 0.15) is 19.0 Å².